The van der Waals surface area contributed by atoms with Crippen molar-refractivity contribution in [2.45, 2.75) is 13.1 Å². The molecule has 3 aromatic rings. The summed E-state index contributed by atoms with van der Waals surface area (Å²) >= 11 is 5.22. The fraction of sp³-hybridized carbons (Fsp3) is 0.217. The lowest BCUT2D eigenvalue weighted by atomic mass is 10.1. The number of nitro benzene ring substituents is 1. The number of carbonyl (C=O) groups is 1. The van der Waals surface area contributed by atoms with Crippen LogP contribution in [0.4, 0.5) is 24.5 Å². The van der Waals surface area contributed by atoms with Gasteiger partial charge in [-0.25, -0.2) is 4.79 Å². The van der Waals surface area contributed by atoms with E-state index in [0.29, 0.717) is 5.56 Å². The largest absolute Gasteiger partial charge is 0.504 e. The highest BCUT2D eigenvalue weighted by Crippen LogP contribution is 2.35. The van der Waals surface area contributed by atoms with Gasteiger partial charge in [-0.15, -0.1) is 0 Å². The quantitative estimate of drug-likeness (QED) is 0.123. The Morgan fingerprint density at radius 1 is 1.26 bits per heavy atom. The smallest absolute Gasteiger partial charge is 0.416 e. The molecule has 3 rings (SSSR count). The number of aromatic hydroxyl groups is 1. The van der Waals surface area contributed by atoms with E-state index in [1.54, 1.807) is 6.92 Å². The molecule has 0 aliphatic heterocycles. The molecule has 11 nitrogen and oxygen atoms in total. The number of carbonyl (C=O) groups excluding carboxylic acids is 1. The Labute approximate surface area is 219 Å². The van der Waals surface area contributed by atoms with Crippen molar-refractivity contribution < 1.29 is 32.7 Å². The van der Waals surface area contributed by atoms with Crippen LogP contribution < -0.4 is 10.7 Å². The molecular formula is C23H21F3N6O5S. The Balaban J connectivity index is 1.69. The number of methoxy groups -OCH3 is 1. The summed E-state index contributed by atoms with van der Waals surface area (Å²) < 4.78 is 44.4. The van der Waals surface area contributed by atoms with Gasteiger partial charge in [0.1, 0.15) is 16.2 Å². The minimum atomic E-state index is -4.48. The molecule has 2 aromatic carbocycles. The Morgan fingerprint density at radius 3 is 2.50 bits per heavy atom. The number of hydrazone groups is 1. The van der Waals surface area contributed by atoms with Crippen molar-refractivity contribution in [1.29, 1.82) is 0 Å². The summed E-state index contributed by atoms with van der Waals surface area (Å²) in [4.78, 5) is 22.5. The van der Waals surface area contributed by atoms with Crippen LogP contribution in [-0.4, -0.2) is 50.1 Å². The maximum absolute atomic E-state index is 12.8. The zero-order valence-corrected chi connectivity index (χ0v) is 21.0. The van der Waals surface area contributed by atoms with E-state index in [0.717, 1.165) is 25.3 Å². The first-order chi connectivity index (χ1) is 17.8. The number of anilines is 1. The van der Waals surface area contributed by atoms with Crippen molar-refractivity contribution in [1.82, 2.24) is 15.2 Å². The predicted octanol–water partition coefficient (Wildman–Crippen LogP) is 4.26. The number of ether oxygens (including phenoxy) is 1. The Morgan fingerprint density at radius 2 is 1.92 bits per heavy atom. The number of aromatic nitrogens is 2. The summed E-state index contributed by atoms with van der Waals surface area (Å²) in [6.45, 7) is 1.55. The summed E-state index contributed by atoms with van der Waals surface area (Å²) in [5.41, 5.74) is 2.37. The fourth-order valence-electron chi connectivity index (χ4n) is 3.43. The van der Waals surface area contributed by atoms with Gasteiger partial charge < -0.3 is 20.6 Å². The minimum Gasteiger partial charge on any atom is -0.504 e. The number of thiocarbonyl (C=S) groups is 1. The number of hydrogen-bond donors (Lipinski definition) is 3. The number of halogens is 3. The van der Waals surface area contributed by atoms with Crippen LogP contribution in [0.15, 0.2) is 47.6 Å². The molecule has 3 N–H and O–H groups in total. The van der Waals surface area contributed by atoms with Crippen LogP contribution in [-0.2, 0) is 18.0 Å². The number of aryl methyl sites for hydroxylation is 1. The van der Waals surface area contributed by atoms with Gasteiger partial charge in [0, 0.05) is 24.4 Å². The van der Waals surface area contributed by atoms with Crippen molar-refractivity contribution in [2.24, 2.45) is 12.1 Å². The lowest BCUT2D eigenvalue weighted by Crippen LogP contribution is -2.24. The lowest BCUT2D eigenvalue weighted by molar-refractivity contribution is -0.385. The van der Waals surface area contributed by atoms with Crippen LogP contribution in [0.5, 0.6) is 5.75 Å². The van der Waals surface area contributed by atoms with Gasteiger partial charge >= 0.3 is 12.1 Å². The van der Waals surface area contributed by atoms with Gasteiger partial charge in [0.25, 0.3) is 5.69 Å². The van der Waals surface area contributed by atoms with Crippen LogP contribution in [0.25, 0.3) is 11.3 Å². The monoisotopic (exact) mass is 550 g/mol. The summed E-state index contributed by atoms with van der Waals surface area (Å²) in [7, 11) is 2.64. The van der Waals surface area contributed by atoms with Crippen LogP contribution in [0.3, 0.4) is 0 Å². The van der Waals surface area contributed by atoms with E-state index in [4.69, 9.17) is 12.2 Å². The number of nitrogens with one attached hydrogen (secondary N) is 2. The highest BCUT2D eigenvalue weighted by molar-refractivity contribution is 7.80. The minimum absolute atomic E-state index is 0.00141. The van der Waals surface area contributed by atoms with E-state index >= 15 is 0 Å². The zero-order chi connectivity index (χ0) is 28.2. The van der Waals surface area contributed by atoms with Gasteiger partial charge in [-0.1, -0.05) is 24.4 Å². The molecule has 15 heteroatoms. The third-order valence-corrected chi connectivity index (χ3v) is 5.47. The average molecular weight is 551 g/mol. The van der Waals surface area contributed by atoms with E-state index in [9.17, 15) is 33.2 Å². The summed E-state index contributed by atoms with van der Waals surface area (Å²) in [5, 5.41) is 33.1. The highest BCUT2D eigenvalue weighted by atomic mass is 32.1. The summed E-state index contributed by atoms with van der Waals surface area (Å²) in [5.74, 6) is -1.12. The van der Waals surface area contributed by atoms with Crippen LogP contribution in [0.2, 0.25) is 0 Å². The number of hydrogen-bond acceptors (Lipinski definition) is 9. The normalized spacial score (nSPS) is 11.7. The van der Waals surface area contributed by atoms with Crippen molar-refractivity contribution >= 4 is 40.3 Å². The first kappa shape index (κ1) is 28.0. The predicted molar refractivity (Wildman–Crippen MR) is 136 cm³/mol. The average Bonchev–Trinajstić information content (AvgIpc) is 3.16. The fourth-order valence-corrected chi connectivity index (χ4v) is 3.61. The third kappa shape index (κ3) is 6.23. The number of alkyl halides is 3. The number of rotatable bonds is 8. The zero-order valence-electron chi connectivity index (χ0n) is 20.2. The van der Waals surface area contributed by atoms with Gasteiger partial charge in [0.2, 0.25) is 0 Å². The Kier molecular flexibility index (Phi) is 8.30. The third-order valence-electron chi connectivity index (χ3n) is 5.22. The maximum Gasteiger partial charge on any atom is 0.416 e. The molecule has 0 bridgehead atoms. The molecule has 0 saturated carbocycles. The Bertz CT molecular complexity index is 1420. The molecule has 0 saturated heterocycles. The molecule has 0 radical (unpaired) electrons. The first-order valence-electron chi connectivity index (χ1n) is 10.7. The molecule has 38 heavy (non-hydrogen) atoms. The second kappa shape index (κ2) is 11.2. The van der Waals surface area contributed by atoms with Crippen molar-refractivity contribution in [3.63, 3.8) is 0 Å². The molecule has 0 atom stereocenters. The van der Waals surface area contributed by atoms with E-state index in [1.165, 1.54) is 36.0 Å². The molecule has 0 amide bonds. The lowest BCUT2D eigenvalue weighted by Gasteiger charge is -2.09. The standard InChI is InChI=1S/C23H21F3N6O5S/c1-12(19-21(33)20(31(2)30-19)13-4-6-14(7-5-13)23(24,25)26)29-27-11-18(38)28-15-8-9-16(22(34)37-3)17(10-15)32(35)36/h4-10,27,33H,11H2,1-3H3,(H,28,38). The van der Waals surface area contributed by atoms with Crippen molar-refractivity contribution in [2.75, 3.05) is 19.0 Å². The van der Waals surface area contributed by atoms with Gasteiger partial charge in [-0.05, 0) is 31.2 Å². The molecule has 0 aliphatic carbocycles. The topological polar surface area (TPSA) is 144 Å². The molecule has 0 spiro atoms. The molecule has 0 aliphatic rings. The Hall–Kier alpha value is -4.53. The second-order valence-corrected chi connectivity index (χ2v) is 8.30. The number of nitrogens with zero attached hydrogens (tertiary/aromatic N) is 4. The van der Waals surface area contributed by atoms with Gasteiger partial charge in [0.05, 0.1) is 29.9 Å². The molecule has 0 unspecified atom stereocenters. The van der Waals surface area contributed by atoms with Gasteiger partial charge in [0.15, 0.2) is 11.4 Å². The van der Waals surface area contributed by atoms with Crippen molar-refractivity contribution in [3.05, 3.63) is 69.4 Å². The van der Waals surface area contributed by atoms with Crippen LogP contribution >= 0.6 is 12.2 Å². The number of benzene rings is 2. The van der Waals surface area contributed by atoms with Gasteiger partial charge in [-0.3, -0.25) is 14.8 Å². The molecule has 0 fully saturated rings. The van der Waals surface area contributed by atoms with Crippen LogP contribution in [0, 0.1) is 10.1 Å². The van der Waals surface area contributed by atoms with Crippen LogP contribution in [0.1, 0.15) is 28.5 Å². The van der Waals surface area contributed by atoms with Gasteiger partial charge in [-0.2, -0.15) is 23.4 Å². The molecular weight excluding hydrogens is 529 g/mol. The summed E-state index contributed by atoms with van der Waals surface area (Å²) in [6, 6.07) is 8.10. The summed E-state index contributed by atoms with van der Waals surface area (Å²) in [6.07, 6.45) is -4.48. The number of esters is 1. The SMILES string of the molecule is COC(=O)c1ccc(NC(=S)CNN=C(C)c2nn(C)c(-c3ccc(C(F)(F)F)cc3)c2O)cc1[N+](=O)[O-]. The molecule has 1 heterocycles. The van der Waals surface area contributed by atoms with E-state index in [1.807, 2.05) is 0 Å². The number of nitro groups is 1. The maximum atomic E-state index is 12.8. The first-order valence-corrected chi connectivity index (χ1v) is 11.1. The second-order valence-electron chi connectivity index (χ2n) is 7.81. The molecule has 200 valence electrons. The van der Waals surface area contributed by atoms with E-state index in [2.05, 4.69) is 25.7 Å². The molecule has 1 aromatic heterocycles. The van der Waals surface area contributed by atoms with E-state index < -0.39 is 28.3 Å². The van der Waals surface area contributed by atoms with Crippen molar-refractivity contribution in [3.8, 4) is 17.0 Å². The highest BCUT2D eigenvalue weighted by Gasteiger charge is 2.30. The van der Waals surface area contributed by atoms with E-state index in [-0.39, 0.29) is 45.6 Å².